The molecule has 1 saturated heterocycles. The Kier molecular flexibility index (Phi) is 5.99. The normalized spacial score (nSPS) is 18.6. The van der Waals surface area contributed by atoms with Crippen LogP contribution >= 0.6 is 0 Å². The average molecular weight is 430 g/mol. The van der Waals surface area contributed by atoms with Crippen LogP contribution in [0.3, 0.4) is 0 Å². The first-order chi connectivity index (χ1) is 13.6. The molecule has 1 amide bonds. The number of amides is 1. The number of rotatable bonds is 4. The van der Waals surface area contributed by atoms with E-state index in [4.69, 9.17) is 0 Å². The molecule has 1 unspecified atom stereocenters. The second-order valence-electron chi connectivity index (χ2n) is 6.95. The quantitative estimate of drug-likeness (QED) is 0.754. The van der Waals surface area contributed by atoms with E-state index in [1.165, 1.54) is 0 Å². The molecule has 158 valence electrons. The zero-order valence-electron chi connectivity index (χ0n) is 15.9. The van der Waals surface area contributed by atoms with Crippen molar-refractivity contribution in [3.05, 3.63) is 41.9 Å². The van der Waals surface area contributed by atoms with E-state index in [1.807, 2.05) is 29.6 Å². The highest BCUT2D eigenvalue weighted by Gasteiger charge is 2.34. The molecule has 7 nitrogen and oxygen atoms in total. The Morgan fingerprint density at radius 1 is 1.31 bits per heavy atom. The van der Waals surface area contributed by atoms with Gasteiger partial charge in [-0.15, -0.1) is 0 Å². The van der Waals surface area contributed by atoms with E-state index < -0.39 is 34.8 Å². The van der Waals surface area contributed by atoms with Crippen LogP contribution in [0.2, 0.25) is 0 Å². The first kappa shape index (κ1) is 21.3. The van der Waals surface area contributed by atoms with Crippen molar-refractivity contribution in [1.82, 2.24) is 9.55 Å². The van der Waals surface area contributed by atoms with Crippen LogP contribution < -0.4 is 9.21 Å². The first-order valence-electron chi connectivity index (χ1n) is 8.95. The van der Waals surface area contributed by atoms with Gasteiger partial charge in [0, 0.05) is 26.3 Å². The number of imidazole rings is 1. The van der Waals surface area contributed by atoms with Crippen LogP contribution in [0.15, 0.2) is 30.5 Å². The maximum absolute atomic E-state index is 13.0. The fraction of sp³-hybridized carbons (Fsp3) is 0.444. The van der Waals surface area contributed by atoms with Gasteiger partial charge in [-0.3, -0.25) is 9.35 Å². The number of benzene rings is 1. The van der Waals surface area contributed by atoms with E-state index in [0.717, 1.165) is 30.1 Å². The molecule has 1 aromatic carbocycles. The summed E-state index contributed by atoms with van der Waals surface area (Å²) in [6, 6.07) is 3.62. The number of nitrogens with zero attached hydrogens (tertiary/aromatic N) is 4. The van der Waals surface area contributed by atoms with Crippen LogP contribution in [0.25, 0.3) is 0 Å². The van der Waals surface area contributed by atoms with Crippen molar-refractivity contribution < 1.29 is 26.7 Å². The molecule has 0 radical (unpaired) electrons. The molecular weight excluding hydrogens is 409 g/mol. The molecule has 2 aromatic rings. The summed E-state index contributed by atoms with van der Waals surface area (Å²) in [5.41, 5.74) is -0.957. The Balaban J connectivity index is 1.80. The maximum atomic E-state index is 13.0. The van der Waals surface area contributed by atoms with Crippen molar-refractivity contribution in [3.8, 4) is 0 Å². The minimum absolute atomic E-state index is 0.0605. The van der Waals surface area contributed by atoms with Gasteiger partial charge in [0.05, 0.1) is 17.2 Å². The molecule has 1 fully saturated rings. The second-order valence-corrected chi connectivity index (χ2v) is 7.78. The van der Waals surface area contributed by atoms with E-state index in [2.05, 4.69) is 4.98 Å². The molecule has 11 heteroatoms. The molecule has 0 spiro atoms. The van der Waals surface area contributed by atoms with E-state index in [9.17, 15) is 26.7 Å². The third kappa shape index (κ3) is 4.61. The highest BCUT2D eigenvalue weighted by molar-refractivity contribution is 7.81. The van der Waals surface area contributed by atoms with Crippen LogP contribution in [0, 0.1) is 12.8 Å². The number of hydrogen-bond acceptors (Lipinski definition) is 4. The van der Waals surface area contributed by atoms with Gasteiger partial charge in [0.25, 0.3) is 11.3 Å². The molecule has 0 aliphatic carbocycles. The summed E-state index contributed by atoms with van der Waals surface area (Å²) >= 11 is -2.70. The van der Waals surface area contributed by atoms with Crippen molar-refractivity contribution in [2.45, 2.75) is 25.9 Å². The number of alkyl halides is 3. The number of carbonyl (C=O) groups excluding carboxylic acids is 1. The highest BCUT2D eigenvalue weighted by Crippen LogP contribution is 2.32. The summed E-state index contributed by atoms with van der Waals surface area (Å²) in [5, 5.41) is 0. The third-order valence-corrected chi connectivity index (χ3v) is 5.68. The molecule has 2 heterocycles. The lowest BCUT2D eigenvalue weighted by Gasteiger charge is -2.34. The van der Waals surface area contributed by atoms with Gasteiger partial charge in [0.2, 0.25) is 5.91 Å². The summed E-state index contributed by atoms with van der Waals surface area (Å²) in [4.78, 5) is 19.4. The van der Waals surface area contributed by atoms with Crippen molar-refractivity contribution in [1.29, 1.82) is 0 Å². The predicted octanol–water partition coefficient (Wildman–Crippen LogP) is 3.13. The van der Waals surface area contributed by atoms with E-state index in [1.54, 1.807) is 0 Å². The van der Waals surface area contributed by atoms with Crippen LogP contribution in [-0.4, -0.2) is 37.3 Å². The summed E-state index contributed by atoms with van der Waals surface area (Å²) < 4.78 is 62.3. The van der Waals surface area contributed by atoms with Crippen molar-refractivity contribution in [2.24, 2.45) is 13.0 Å². The molecule has 2 atom stereocenters. The number of anilines is 2. The SMILES string of the molecule is Cc1nc(N2CCC[C@@H](C(=O)N(c3ccc(C(F)(F)F)cc3)S(=O)O)C2)cn1C. The van der Waals surface area contributed by atoms with E-state index in [0.29, 0.717) is 36.1 Å². The van der Waals surface area contributed by atoms with Crippen LogP contribution in [0.4, 0.5) is 24.7 Å². The second kappa shape index (κ2) is 8.15. The molecule has 3 rings (SSSR count). The lowest BCUT2D eigenvalue weighted by molar-refractivity contribution is -0.137. The molecule has 0 bridgehead atoms. The summed E-state index contributed by atoms with van der Waals surface area (Å²) in [7, 11) is 1.86. The number of halogens is 3. The molecule has 0 saturated carbocycles. The van der Waals surface area contributed by atoms with Gasteiger partial charge in [0.15, 0.2) is 0 Å². The molecule has 1 aliphatic rings. The Hall–Kier alpha value is -2.40. The van der Waals surface area contributed by atoms with Crippen molar-refractivity contribution >= 4 is 28.7 Å². The van der Waals surface area contributed by atoms with E-state index in [-0.39, 0.29) is 5.69 Å². The standard InChI is InChI=1S/C18H21F3N4O3S/c1-12-22-16(11-23(12)2)24-9-3-4-13(10-24)17(26)25(29(27)28)15-7-5-14(6-8-15)18(19,20)21/h5-8,11,13H,3-4,9-10H2,1-2H3,(H,27,28)/t13-/m1/s1. The fourth-order valence-corrected chi connectivity index (χ4v) is 3.93. The maximum Gasteiger partial charge on any atom is 0.416 e. The number of piperidine rings is 1. The molecule has 29 heavy (non-hydrogen) atoms. The monoisotopic (exact) mass is 430 g/mol. The van der Waals surface area contributed by atoms with Gasteiger partial charge in [-0.25, -0.2) is 13.5 Å². The largest absolute Gasteiger partial charge is 0.416 e. The fourth-order valence-electron chi connectivity index (χ4n) is 3.33. The van der Waals surface area contributed by atoms with Crippen LogP contribution in [0.1, 0.15) is 24.2 Å². The van der Waals surface area contributed by atoms with Gasteiger partial charge in [-0.2, -0.15) is 13.2 Å². The van der Waals surface area contributed by atoms with Gasteiger partial charge in [0.1, 0.15) is 11.6 Å². The number of aromatic nitrogens is 2. The smallest absolute Gasteiger partial charge is 0.355 e. The van der Waals surface area contributed by atoms with Crippen LogP contribution in [0.5, 0.6) is 0 Å². The Labute approximate surface area is 168 Å². The topological polar surface area (TPSA) is 78.7 Å². The van der Waals surface area contributed by atoms with Gasteiger partial charge < -0.3 is 9.47 Å². The highest BCUT2D eigenvalue weighted by atomic mass is 32.2. The summed E-state index contributed by atoms with van der Waals surface area (Å²) in [6.45, 7) is 2.86. The third-order valence-electron chi connectivity index (χ3n) is 4.98. The van der Waals surface area contributed by atoms with E-state index >= 15 is 0 Å². The Bertz CT molecular complexity index is 895. The average Bonchev–Trinajstić information content (AvgIpc) is 3.00. The first-order valence-corrected chi connectivity index (χ1v) is 10.0. The number of carbonyl (C=O) groups is 1. The van der Waals surface area contributed by atoms with Gasteiger partial charge in [-0.05, 0) is 44.0 Å². The Morgan fingerprint density at radius 2 is 1.97 bits per heavy atom. The zero-order valence-corrected chi connectivity index (χ0v) is 16.7. The summed E-state index contributed by atoms with van der Waals surface area (Å²) in [5.74, 6) is 0.345. The minimum Gasteiger partial charge on any atom is -0.355 e. The number of aryl methyl sites for hydroxylation is 2. The van der Waals surface area contributed by atoms with Crippen molar-refractivity contribution in [3.63, 3.8) is 0 Å². The number of hydrogen-bond donors (Lipinski definition) is 1. The van der Waals surface area contributed by atoms with Crippen LogP contribution in [-0.2, 0) is 29.3 Å². The van der Waals surface area contributed by atoms with Crippen molar-refractivity contribution in [2.75, 3.05) is 22.3 Å². The summed E-state index contributed by atoms with van der Waals surface area (Å²) in [6.07, 6.45) is -1.49. The lowest BCUT2D eigenvalue weighted by atomic mass is 9.97. The molecule has 1 aromatic heterocycles. The predicted molar refractivity (Wildman–Crippen MR) is 103 cm³/mol. The lowest BCUT2D eigenvalue weighted by Crippen LogP contribution is -2.45. The Morgan fingerprint density at radius 3 is 2.48 bits per heavy atom. The molecular formula is C18H21F3N4O3S. The minimum atomic E-state index is -4.53. The van der Waals surface area contributed by atoms with Gasteiger partial charge in [-0.1, -0.05) is 0 Å². The zero-order chi connectivity index (χ0) is 21.3. The molecule has 1 N–H and O–H groups in total. The molecule has 1 aliphatic heterocycles. The van der Waals surface area contributed by atoms with Gasteiger partial charge >= 0.3 is 6.18 Å².